The second-order valence-electron chi connectivity index (χ2n) is 7.30. The summed E-state index contributed by atoms with van der Waals surface area (Å²) in [4.78, 5) is 40.5. The monoisotopic (exact) mass is 403 g/mol. The van der Waals surface area contributed by atoms with Gasteiger partial charge in [-0.3, -0.25) is 9.59 Å². The molecule has 0 saturated heterocycles. The van der Waals surface area contributed by atoms with Gasteiger partial charge in [0.25, 0.3) is 0 Å². The van der Waals surface area contributed by atoms with Crippen LogP contribution in [0.25, 0.3) is 0 Å². The van der Waals surface area contributed by atoms with Crippen LogP contribution >= 0.6 is 0 Å². The molecule has 0 spiro atoms. The molecule has 1 heterocycles. The van der Waals surface area contributed by atoms with Crippen molar-refractivity contribution in [3.05, 3.63) is 35.4 Å². The van der Waals surface area contributed by atoms with E-state index in [1.165, 1.54) is 10.5 Å². The Balaban J connectivity index is 2.00. The van der Waals surface area contributed by atoms with E-state index < -0.39 is 12.0 Å². The lowest BCUT2D eigenvalue weighted by Gasteiger charge is -2.36. The highest BCUT2D eigenvalue weighted by Crippen LogP contribution is 2.29. The summed E-state index contributed by atoms with van der Waals surface area (Å²) < 4.78 is 4.85. The van der Waals surface area contributed by atoms with E-state index >= 15 is 0 Å². The fourth-order valence-electron chi connectivity index (χ4n) is 3.64. The van der Waals surface area contributed by atoms with Gasteiger partial charge >= 0.3 is 12.0 Å². The van der Waals surface area contributed by atoms with Gasteiger partial charge in [0, 0.05) is 13.1 Å². The highest BCUT2D eigenvalue weighted by atomic mass is 16.5. The number of rotatable bonds is 9. The molecule has 7 nitrogen and oxygen atoms in total. The highest BCUT2D eigenvalue weighted by Gasteiger charge is 2.29. The molecule has 29 heavy (non-hydrogen) atoms. The van der Waals surface area contributed by atoms with Crippen molar-refractivity contribution in [1.82, 2.24) is 15.1 Å². The van der Waals surface area contributed by atoms with Gasteiger partial charge in [0.15, 0.2) is 0 Å². The normalized spacial score (nSPS) is 15.4. The Bertz CT molecular complexity index is 707. The number of benzene rings is 1. The van der Waals surface area contributed by atoms with Crippen LogP contribution in [0.5, 0.6) is 0 Å². The molecule has 160 valence electrons. The predicted molar refractivity (Wildman–Crippen MR) is 111 cm³/mol. The Labute approximate surface area is 173 Å². The van der Waals surface area contributed by atoms with E-state index in [9.17, 15) is 14.4 Å². The molecule has 1 aliphatic rings. The number of hydrogen-bond donors (Lipinski definition) is 1. The standard InChI is InChI=1S/C22H33N3O4/c1-4-6-9-13-24(22(28)23-15-21(27)29-5-2)16-20(26)25-14-12-18-10-7-8-11-19(18)17(25)3/h7-8,10-11,17H,4-6,9,12-16H2,1-3H3,(H,23,28). The van der Waals surface area contributed by atoms with E-state index in [0.29, 0.717) is 13.1 Å². The zero-order valence-corrected chi connectivity index (χ0v) is 17.8. The molecule has 0 radical (unpaired) electrons. The number of urea groups is 1. The molecule has 0 fully saturated rings. The van der Waals surface area contributed by atoms with E-state index in [1.54, 1.807) is 6.92 Å². The summed E-state index contributed by atoms with van der Waals surface area (Å²) >= 11 is 0. The molecule has 1 atom stereocenters. The highest BCUT2D eigenvalue weighted by molar-refractivity contribution is 5.86. The smallest absolute Gasteiger partial charge is 0.325 e. The van der Waals surface area contributed by atoms with Crippen molar-refractivity contribution >= 4 is 17.9 Å². The van der Waals surface area contributed by atoms with Crippen LogP contribution in [0.15, 0.2) is 24.3 Å². The minimum atomic E-state index is -0.484. The summed E-state index contributed by atoms with van der Waals surface area (Å²) in [6.45, 7) is 7.03. The molecule has 3 amide bonds. The number of nitrogens with zero attached hydrogens (tertiary/aromatic N) is 2. The lowest BCUT2D eigenvalue weighted by atomic mass is 9.93. The third kappa shape index (κ3) is 6.48. The SMILES string of the molecule is CCCCCN(CC(=O)N1CCc2ccccc2C1C)C(=O)NCC(=O)OCC. The zero-order chi connectivity index (χ0) is 21.2. The number of carbonyl (C=O) groups excluding carboxylic acids is 3. The first kappa shape index (κ1) is 22.7. The minimum absolute atomic E-state index is 0.00484. The Morgan fingerprint density at radius 3 is 2.69 bits per heavy atom. The van der Waals surface area contributed by atoms with Gasteiger partial charge in [-0.25, -0.2) is 4.79 Å². The molecule has 1 aromatic carbocycles. The Hall–Kier alpha value is -2.57. The van der Waals surface area contributed by atoms with Crippen LogP contribution in [-0.2, 0) is 20.7 Å². The van der Waals surface area contributed by atoms with Crippen molar-refractivity contribution in [2.24, 2.45) is 0 Å². The first-order valence-corrected chi connectivity index (χ1v) is 10.5. The number of nitrogens with one attached hydrogen (secondary N) is 1. The maximum Gasteiger partial charge on any atom is 0.325 e. The van der Waals surface area contributed by atoms with Crippen molar-refractivity contribution in [1.29, 1.82) is 0 Å². The van der Waals surface area contributed by atoms with Crippen molar-refractivity contribution in [3.63, 3.8) is 0 Å². The van der Waals surface area contributed by atoms with Gasteiger partial charge in [-0.05, 0) is 37.8 Å². The number of hydrogen-bond acceptors (Lipinski definition) is 4. The average Bonchev–Trinajstić information content (AvgIpc) is 2.72. The molecule has 7 heteroatoms. The molecule has 1 unspecified atom stereocenters. The van der Waals surface area contributed by atoms with Crippen LogP contribution in [0, 0.1) is 0 Å². The van der Waals surface area contributed by atoms with Crippen LogP contribution in [-0.4, -0.2) is 60.5 Å². The van der Waals surface area contributed by atoms with Crippen molar-refractivity contribution in [2.75, 3.05) is 32.8 Å². The largest absolute Gasteiger partial charge is 0.465 e. The lowest BCUT2D eigenvalue weighted by molar-refractivity contribution is -0.141. The first-order valence-electron chi connectivity index (χ1n) is 10.5. The average molecular weight is 404 g/mol. The van der Waals surface area contributed by atoms with Crippen LogP contribution < -0.4 is 5.32 Å². The minimum Gasteiger partial charge on any atom is -0.465 e. The van der Waals surface area contributed by atoms with Crippen molar-refractivity contribution in [3.8, 4) is 0 Å². The molecule has 0 aromatic heterocycles. The number of esters is 1. The maximum atomic E-state index is 13.0. The molecule has 1 N–H and O–H groups in total. The summed E-state index contributed by atoms with van der Waals surface area (Å²) in [6, 6.07) is 7.74. The van der Waals surface area contributed by atoms with Gasteiger partial charge in [0.1, 0.15) is 13.1 Å². The van der Waals surface area contributed by atoms with Crippen LogP contribution in [0.2, 0.25) is 0 Å². The second-order valence-corrected chi connectivity index (χ2v) is 7.30. The third-order valence-electron chi connectivity index (χ3n) is 5.25. The van der Waals surface area contributed by atoms with Crippen LogP contribution in [0.4, 0.5) is 4.79 Å². The molecule has 0 bridgehead atoms. The third-order valence-corrected chi connectivity index (χ3v) is 5.25. The van der Waals surface area contributed by atoms with Gasteiger partial charge in [0.05, 0.1) is 12.6 Å². The molecular weight excluding hydrogens is 370 g/mol. The number of unbranched alkanes of at least 4 members (excludes halogenated alkanes) is 2. The summed E-state index contributed by atoms with van der Waals surface area (Å²) in [5.74, 6) is -0.559. The Kier molecular flexibility index (Phi) is 8.96. The Morgan fingerprint density at radius 2 is 1.97 bits per heavy atom. The van der Waals surface area contributed by atoms with Gasteiger partial charge in [-0.15, -0.1) is 0 Å². The number of amides is 3. The predicted octanol–water partition coefficient (Wildman–Crippen LogP) is 2.90. The van der Waals surface area contributed by atoms with Gasteiger partial charge < -0.3 is 19.9 Å². The lowest BCUT2D eigenvalue weighted by Crippen LogP contribution is -2.49. The summed E-state index contributed by atoms with van der Waals surface area (Å²) in [6.07, 6.45) is 3.63. The van der Waals surface area contributed by atoms with E-state index in [-0.39, 0.29) is 31.6 Å². The fraction of sp³-hybridized carbons (Fsp3) is 0.591. The van der Waals surface area contributed by atoms with Gasteiger partial charge in [-0.2, -0.15) is 0 Å². The summed E-state index contributed by atoms with van der Waals surface area (Å²) in [7, 11) is 0. The zero-order valence-electron chi connectivity index (χ0n) is 17.8. The van der Waals surface area contributed by atoms with E-state index in [0.717, 1.165) is 31.2 Å². The van der Waals surface area contributed by atoms with Crippen LogP contribution in [0.1, 0.15) is 57.2 Å². The number of carbonyl (C=O) groups is 3. The molecular formula is C22H33N3O4. The van der Waals surface area contributed by atoms with E-state index in [2.05, 4.69) is 24.4 Å². The summed E-state index contributed by atoms with van der Waals surface area (Å²) in [5, 5.41) is 2.57. The topological polar surface area (TPSA) is 79.0 Å². The quantitative estimate of drug-likeness (QED) is 0.508. The van der Waals surface area contributed by atoms with Crippen molar-refractivity contribution in [2.45, 2.75) is 52.5 Å². The van der Waals surface area contributed by atoms with E-state index in [4.69, 9.17) is 4.74 Å². The molecule has 1 aliphatic heterocycles. The maximum absolute atomic E-state index is 13.0. The second kappa shape index (κ2) is 11.4. The summed E-state index contributed by atoms with van der Waals surface area (Å²) in [5.41, 5.74) is 2.44. The molecule has 0 aliphatic carbocycles. The number of ether oxygens (including phenoxy) is 1. The van der Waals surface area contributed by atoms with Gasteiger partial charge in [-0.1, -0.05) is 44.0 Å². The van der Waals surface area contributed by atoms with E-state index in [1.807, 2.05) is 24.0 Å². The fourth-order valence-corrected chi connectivity index (χ4v) is 3.64. The molecule has 2 rings (SSSR count). The van der Waals surface area contributed by atoms with Gasteiger partial charge in [0.2, 0.25) is 5.91 Å². The first-order chi connectivity index (χ1) is 14.0. The van der Waals surface area contributed by atoms with Crippen LogP contribution in [0.3, 0.4) is 0 Å². The molecule has 0 saturated carbocycles. The molecule has 1 aromatic rings. The Morgan fingerprint density at radius 1 is 1.21 bits per heavy atom. The number of fused-ring (bicyclic) bond motifs is 1. The van der Waals surface area contributed by atoms with Crippen molar-refractivity contribution < 1.29 is 19.1 Å².